The average Bonchev–Trinajstić information content (AvgIpc) is 2.40. The molecular formula is C16H20N2. The maximum Gasteiger partial charge on any atom is 0.0291 e. The highest BCUT2D eigenvalue weighted by molar-refractivity contribution is 5.23. The Kier molecular flexibility index (Phi) is 4.48. The van der Waals surface area contributed by atoms with Crippen molar-refractivity contribution >= 4 is 0 Å². The number of pyridine rings is 1. The third-order valence-corrected chi connectivity index (χ3v) is 3.19. The average molecular weight is 240 g/mol. The van der Waals surface area contributed by atoms with Gasteiger partial charge in [-0.05, 0) is 50.1 Å². The Labute approximate surface area is 109 Å². The highest BCUT2D eigenvalue weighted by Crippen LogP contribution is 2.12. The second kappa shape index (κ2) is 6.31. The molecule has 1 unspecified atom stereocenters. The van der Waals surface area contributed by atoms with Crippen LogP contribution in [-0.4, -0.2) is 11.5 Å². The minimum absolute atomic E-state index is 0.396. The van der Waals surface area contributed by atoms with E-state index in [9.17, 15) is 0 Å². The van der Waals surface area contributed by atoms with Gasteiger partial charge in [0.05, 0.1) is 0 Å². The summed E-state index contributed by atoms with van der Waals surface area (Å²) in [6.45, 7) is 5.31. The van der Waals surface area contributed by atoms with Crippen molar-refractivity contribution in [1.29, 1.82) is 0 Å². The molecule has 2 heteroatoms. The number of hydrogen-bond donors (Lipinski definition) is 1. The lowest BCUT2D eigenvalue weighted by Crippen LogP contribution is -2.21. The Morgan fingerprint density at radius 3 is 2.39 bits per heavy atom. The summed E-state index contributed by atoms with van der Waals surface area (Å²) >= 11 is 0. The lowest BCUT2D eigenvalue weighted by molar-refractivity contribution is 0.576. The summed E-state index contributed by atoms with van der Waals surface area (Å²) in [5, 5.41) is 3.55. The molecule has 1 aromatic heterocycles. The molecule has 0 aliphatic rings. The van der Waals surface area contributed by atoms with Gasteiger partial charge in [0.15, 0.2) is 0 Å². The number of rotatable bonds is 5. The van der Waals surface area contributed by atoms with E-state index in [4.69, 9.17) is 0 Å². The Balaban J connectivity index is 1.81. The second-order valence-electron chi connectivity index (χ2n) is 4.69. The van der Waals surface area contributed by atoms with Crippen LogP contribution in [-0.2, 0) is 6.42 Å². The molecule has 94 valence electrons. The van der Waals surface area contributed by atoms with Crippen molar-refractivity contribution in [1.82, 2.24) is 10.3 Å². The first-order valence-corrected chi connectivity index (χ1v) is 6.44. The number of hydrogen-bond acceptors (Lipinski definition) is 2. The van der Waals surface area contributed by atoms with Crippen LogP contribution in [0, 0.1) is 6.92 Å². The molecule has 1 N–H and O–H groups in total. The molecule has 1 atom stereocenters. The lowest BCUT2D eigenvalue weighted by atomic mass is 10.1. The summed E-state index contributed by atoms with van der Waals surface area (Å²) in [7, 11) is 0. The van der Waals surface area contributed by atoms with Crippen LogP contribution in [0.15, 0.2) is 48.8 Å². The standard InChI is InChI=1S/C16H20N2/c1-13-3-5-16(6-4-13)14(2)18-12-9-15-7-10-17-11-8-15/h3-8,10-11,14,18H,9,12H2,1-2H3. The van der Waals surface area contributed by atoms with Crippen molar-refractivity contribution < 1.29 is 0 Å². The van der Waals surface area contributed by atoms with Crippen molar-refractivity contribution in [3.8, 4) is 0 Å². The molecule has 0 saturated heterocycles. The third-order valence-electron chi connectivity index (χ3n) is 3.19. The van der Waals surface area contributed by atoms with Gasteiger partial charge >= 0.3 is 0 Å². The molecule has 1 aromatic carbocycles. The van der Waals surface area contributed by atoms with Gasteiger partial charge in [-0.15, -0.1) is 0 Å². The van der Waals surface area contributed by atoms with Gasteiger partial charge in [-0.25, -0.2) is 0 Å². The predicted octanol–water partition coefficient (Wildman–Crippen LogP) is 3.28. The van der Waals surface area contributed by atoms with Crippen LogP contribution in [0.1, 0.15) is 29.7 Å². The largest absolute Gasteiger partial charge is 0.310 e. The maximum atomic E-state index is 4.02. The van der Waals surface area contributed by atoms with E-state index in [1.807, 2.05) is 12.4 Å². The summed E-state index contributed by atoms with van der Waals surface area (Å²) in [6, 6.07) is 13.2. The zero-order valence-electron chi connectivity index (χ0n) is 11.1. The van der Waals surface area contributed by atoms with E-state index in [0.29, 0.717) is 6.04 Å². The number of nitrogens with zero attached hydrogens (tertiary/aromatic N) is 1. The fraction of sp³-hybridized carbons (Fsp3) is 0.312. The monoisotopic (exact) mass is 240 g/mol. The third kappa shape index (κ3) is 3.67. The summed E-state index contributed by atoms with van der Waals surface area (Å²) < 4.78 is 0. The van der Waals surface area contributed by atoms with Gasteiger partial charge in [-0.2, -0.15) is 0 Å². The quantitative estimate of drug-likeness (QED) is 0.867. The van der Waals surface area contributed by atoms with Crippen LogP contribution in [0.4, 0.5) is 0 Å². The number of nitrogens with one attached hydrogen (secondary N) is 1. The van der Waals surface area contributed by atoms with E-state index in [1.165, 1.54) is 16.7 Å². The zero-order chi connectivity index (χ0) is 12.8. The summed E-state index contributed by atoms with van der Waals surface area (Å²) in [5.74, 6) is 0. The predicted molar refractivity (Wildman–Crippen MR) is 75.5 cm³/mol. The molecule has 0 bridgehead atoms. The number of aromatic nitrogens is 1. The first-order chi connectivity index (χ1) is 8.75. The highest BCUT2D eigenvalue weighted by Gasteiger charge is 2.03. The molecule has 2 nitrogen and oxygen atoms in total. The van der Waals surface area contributed by atoms with E-state index in [2.05, 4.69) is 60.5 Å². The highest BCUT2D eigenvalue weighted by atomic mass is 14.9. The van der Waals surface area contributed by atoms with Crippen LogP contribution >= 0.6 is 0 Å². The summed E-state index contributed by atoms with van der Waals surface area (Å²) in [4.78, 5) is 4.02. The molecule has 18 heavy (non-hydrogen) atoms. The second-order valence-corrected chi connectivity index (χ2v) is 4.69. The van der Waals surface area contributed by atoms with E-state index < -0.39 is 0 Å². The van der Waals surface area contributed by atoms with Gasteiger partial charge in [-0.3, -0.25) is 4.98 Å². The van der Waals surface area contributed by atoms with Gasteiger partial charge in [0.2, 0.25) is 0 Å². The number of benzene rings is 1. The van der Waals surface area contributed by atoms with Crippen LogP contribution < -0.4 is 5.32 Å². The Morgan fingerprint density at radius 2 is 1.72 bits per heavy atom. The van der Waals surface area contributed by atoms with Crippen molar-refractivity contribution in [2.24, 2.45) is 0 Å². The number of aryl methyl sites for hydroxylation is 1. The van der Waals surface area contributed by atoms with Crippen LogP contribution in [0.3, 0.4) is 0 Å². The molecule has 0 fully saturated rings. The van der Waals surface area contributed by atoms with E-state index in [-0.39, 0.29) is 0 Å². The van der Waals surface area contributed by atoms with Gasteiger partial charge in [0.25, 0.3) is 0 Å². The summed E-state index contributed by atoms with van der Waals surface area (Å²) in [5.41, 5.74) is 3.98. The van der Waals surface area contributed by atoms with Crippen LogP contribution in [0.5, 0.6) is 0 Å². The van der Waals surface area contributed by atoms with E-state index in [1.54, 1.807) is 0 Å². The van der Waals surface area contributed by atoms with Crippen molar-refractivity contribution in [2.45, 2.75) is 26.3 Å². The minimum atomic E-state index is 0.396. The van der Waals surface area contributed by atoms with Crippen LogP contribution in [0.25, 0.3) is 0 Å². The van der Waals surface area contributed by atoms with E-state index >= 15 is 0 Å². The first-order valence-electron chi connectivity index (χ1n) is 6.44. The summed E-state index contributed by atoms with van der Waals surface area (Å²) in [6.07, 6.45) is 4.73. The topological polar surface area (TPSA) is 24.9 Å². The molecular weight excluding hydrogens is 220 g/mol. The van der Waals surface area contributed by atoms with Gasteiger partial charge < -0.3 is 5.32 Å². The normalized spacial score (nSPS) is 12.3. The van der Waals surface area contributed by atoms with Gasteiger partial charge in [0.1, 0.15) is 0 Å². The fourth-order valence-electron chi connectivity index (χ4n) is 1.96. The smallest absolute Gasteiger partial charge is 0.0291 e. The molecule has 1 heterocycles. The fourth-order valence-corrected chi connectivity index (χ4v) is 1.96. The molecule has 2 rings (SSSR count). The molecule has 0 spiro atoms. The molecule has 0 amide bonds. The molecule has 2 aromatic rings. The molecule has 0 aliphatic carbocycles. The molecule has 0 aliphatic heterocycles. The zero-order valence-corrected chi connectivity index (χ0v) is 11.1. The molecule has 0 radical (unpaired) electrons. The lowest BCUT2D eigenvalue weighted by Gasteiger charge is -2.14. The molecule has 0 saturated carbocycles. The van der Waals surface area contributed by atoms with E-state index in [0.717, 1.165) is 13.0 Å². The maximum absolute atomic E-state index is 4.02. The van der Waals surface area contributed by atoms with Gasteiger partial charge in [0, 0.05) is 18.4 Å². The Bertz CT molecular complexity index is 462. The Hall–Kier alpha value is -1.67. The van der Waals surface area contributed by atoms with Crippen molar-refractivity contribution in [3.63, 3.8) is 0 Å². The van der Waals surface area contributed by atoms with Gasteiger partial charge in [-0.1, -0.05) is 29.8 Å². The first kappa shape index (κ1) is 12.8. The minimum Gasteiger partial charge on any atom is -0.310 e. The van der Waals surface area contributed by atoms with Crippen molar-refractivity contribution in [3.05, 3.63) is 65.5 Å². The SMILES string of the molecule is Cc1ccc(C(C)NCCc2ccncc2)cc1. The van der Waals surface area contributed by atoms with Crippen LogP contribution in [0.2, 0.25) is 0 Å². The van der Waals surface area contributed by atoms with Crippen molar-refractivity contribution in [2.75, 3.05) is 6.54 Å². The Morgan fingerprint density at radius 1 is 1.06 bits per heavy atom.